The monoisotopic (exact) mass is 298 g/mol. The molecule has 2 aromatic rings. The van der Waals surface area contributed by atoms with Crippen molar-refractivity contribution in [3.05, 3.63) is 70.1 Å². The summed E-state index contributed by atoms with van der Waals surface area (Å²) >= 11 is 0. The quantitative estimate of drug-likeness (QED) is 0.922. The van der Waals surface area contributed by atoms with E-state index in [0.717, 1.165) is 5.56 Å². The largest absolute Gasteiger partial charge is 0.367 e. The van der Waals surface area contributed by atoms with E-state index in [4.69, 9.17) is 4.74 Å². The molecule has 5 heteroatoms. The minimum atomic E-state index is -0.358. The van der Waals surface area contributed by atoms with Crippen molar-refractivity contribution < 1.29 is 9.53 Å². The van der Waals surface area contributed by atoms with Crippen LogP contribution in [0.15, 0.2) is 53.5 Å². The third-order valence-electron chi connectivity index (χ3n) is 3.77. The van der Waals surface area contributed by atoms with Crippen LogP contribution in [0.1, 0.15) is 28.9 Å². The first kappa shape index (κ1) is 14.5. The van der Waals surface area contributed by atoms with Gasteiger partial charge in [0.2, 0.25) is 0 Å². The van der Waals surface area contributed by atoms with Gasteiger partial charge in [0.1, 0.15) is 11.7 Å². The second-order valence-corrected chi connectivity index (χ2v) is 5.47. The zero-order valence-corrected chi connectivity index (χ0v) is 12.4. The molecule has 0 spiro atoms. The maximum atomic E-state index is 12.6. The minimum Gasteiger partial charge on any atom is -0.367 e. The Bertz CT molecular complexity index is 711. The van der Waals surface area contributed by atoms with Gasteiger partial charge in [0.15, 0.2) is 0 Å². The van der Waals surface area contributed by atoms with Crippen molar-refractivity contribution in [1.29, 1.82) is 0 Å². The first-order valence-electron chi connectivity index (χ1n) is 7.32. The summed E-state index contributed by atoms with van der Waals surface area (Å²) < 4.78 is 5.94. The third-order valence-corrected chi connectivity index (χ3v) is 3.77. The van der Waals surface area contributed by atoms with Gasteiger partial charge in [-0.2, -0.15) is 0 Å². The number of carbonyl (C=O) groups excluding carboxylic acids is 1. The highest BCUT2D eigenvalue weighted by Gasteiger charge is 2.30. The molecule has 1 aromatic heterocycles. The molecule has 2 unspecified atom stereocenters. The minimum absolute atomic E-state index is 0.0781. The second-order valence-electron chi connectivity index (χ2n) is 5.47. The molecule has 2 heterocycles. The predicted molar refractivity (Wildman–Crippen MR) is 82.7 cm³/mol. The van der Waals surface area contributed by atoms with Crippen LogP contribution in [0.5, 0.6) is 0 Å². The van der Waals surface area contributed by atoms with E-state index < -0.39 is 0 Å². The van der Waals surface area contributed by atoms with Gasteiger partial charge < -0.3 is 14.6 Å². The van der Waals surface area contributed by atoms with Crippen LogP contribution in [-0.4, -0.2) is 35.0 Å². The van der Waals surface area contributed by atoms with Gasteiger partial charge in [-0.05, 0) is 24.6 Å². The number of hydrogen-bond donors (Lipinski definition) is 1. The number of nitrogens with one attached hydrogen (secondary N) is 1. The summed E-state index contributed by atoms with van der Waals surface area (Å²) in [6.45, 7) is 2.86. The summed E-state index contributed by atoms with van der Waals surface area (Å²) in [4.78, 5) is 28.6. The van der Waals surface area contributed by atoms with Gasteiger partial charge in [0, 0.05) is 12.7 Å². The highest BCUT2D eigenvalue weighted by Crippen LogP contribution is 2.25. The van der Waals surface area contributed by atoms with Crippen LogP contribution in [-0.2, 0) is 4.74 Å². The van der Waals surface area contributed by atoms with Crippen LogP contribution in [0.3, 0.4) is 0 Å². The van der Waals surface area contributed by atoms with Gasteiger partial charge in [0.25, 0.3) is 11.5 Å². The van der Waals surface area contributed by atoms with Crippen molar-refractivity contribution in [2.75, 3.05) is 13.1 Å². The molecule has 114 valence electrons. The summed E-state index contributed by atoms with van der Waals surface area (Å²) in [5.41, 5.74) is 0.847. The van der Waals surface area contributed by atoms with E-state index in [9.17, 15) is 9.59 Å². The highest BCUT2D eigenvalue weighted by atomic mass is 16.5. The fourth-order valence-corrected chi connectivity index (χ4v) is 2.73. The van der Waals surface area contributed by atoms with Crippen molar-refractivity contribution in [2.24, 2.45) is 0 Å². The van der Waals surface area contributed by atoms with Crippen LogP contribution < -0.4 is 5.56 Å². The Morgan fingerprint density at radius 1 is 1.18 bits per heavy atom. The van der Waals surface area contributed by atoms with Gasteiger partial charge >= 0.3 is 0 Å². The Morgan fingerprint density at radius 2 is 1.95 bits per heavy atom. The number of ether oxygens (including phenoxy) is 1. The molecule has 5 nitrogen and oxygen atoms in total. The molecular formula is C17H18N2O3. The Labute approximate surface area is 128 Å². The van der Waals surface area contributed by atoms with Gasteiger partial charge in [-0.3, -0.25) is 9.59 Å². The number of hydrogen-bond acceptors (Lipinski definition) is 3. The Hall–Kier alpha value is -2.40. The summed E-state index contributed by atoms with van der Waals surface area (Å²) in [7, 11) is 0. The van der Waals surface area contributed by atoms with Crippen LogP contribution in [0, 0.1) is 0 Å². The van der Waals surface area contributed by atoms with E-state index >= 15 is 0 Å². The number of benzene rings is 1. The zero-order chi connectivity index (χ0) is 15.5. The van der Waals surface area contributed by atoms with Crippen molar-refractivity contribution >= 4 is 5.91 Å². The van der Waals surface area contributed by atoms with E-state index in [1.807, 2.05) is 37.3 Å². The first-order chi connectivity index (χ1) is 10.6. The average molecular weight is 298 g/mol. The number of carbonyl (C=O) groups is 1. The summed E-state index contributed by atoms with van der Waals surface area (Å²) in [6.07, 6.45) is 1.27. The van der Waals surface area contributed by atoms with Crippen LogP contribution in [0.2, 0.25) is 0 Å². The lowest BCUT2D eigenvalue weighted by atomic mass is 10.1. The number of amides is 1. The standard InChI is InChI=1S/C17H18N2O3/c1-12-10-19(17(21)14-8-5-9-18-16(14)20)11-15(22-12)13-6-3-2-4-7-13/h2-9,12,15H,10-11H2,1H3,(H,18,20). The molecule has 1 aliphatic rings. The molecule has 1 aromatic carbocycles. The normalized spacial score (nSPS) is 21.6. The molecule has 0 aliphatic carbocycles. The average Bonchev–Trinajstić information content (AvgIpc) is 2.55. The molecule has 3 rings (SSSR count). The Balaban J connectivity index is 1.84. The SMILES string of the molecule is CC1CN(C(=O)c2ccc[nH]c2=O)CC(c2ccccc2)O1. The lowest BCUT2D eigenvalue weighted by molar-refractivity contribution is -0.0692. The Morgan fingerprint density at radius 3 is 2.68 bits per heavy atom. The lowest BCUT2D eigenvalue weighted by Crippen LogP contribution is -2.47. The summed E-state index contributed by atoms with van der Waals surface area (Å²) in [5, 5.41) is 0. The van der Waals surface area contributed by atoms with Crippen molar-refractivity contribution in [3.8, 4) is 0 Å². The predicted octanol–water partition coefficient (Wildman–Crippen LogP) is 1.98. The molecular weight excluding hydrogens is 280 g/mol. The number of aromatic amines is 1. The molecule has 1 amide bonds. The molecule has 2 atom stereocenters. The molecule has 1 saturated heterocycles. The van der Waals surface area contributed by atoms with E-state index in [-0.39, 0.29) is 29.2 Å². The second kappa shape index (κ2) is 6.15. The topological polar surface area (TPSA) is 62.4 Å². The van der Waals surface area contributed by atoms with E-state index in [0.29, 0.717) is 13.1 Å². The van der Waals surface area contributed by atoms with Crippen molar-refractivity contribution in [2.45, 2.75) is 19.1 Å². The van der Waals surface area contributed by atoms with Crippen LogP contribution >= 0.6 is 0 Å². The van der Waals surface area contributed by atoms with E-state index in [1.165, 1.54) is 6.20 Å². The molecule has 1 aliphatic heterocycles. The maximum absolute atomic E-state index is 12.6. The van der Waals surface area contributed by atoms with Gasteiger partial charge in [-0.15, -0.1) is 0 Å². The van der Waals surface area contributed by atoms with Gasteiger partial charge in [-0.25, -0.2) is 0 Å². The zero-order valence-electron chi connectivity index (χ0n) is 12.4. The maximum Gasteiger partial charge on any atom is 0.260 e. The number of morpholine rings is 1. The summed E-state index contributed by atoms with van der Waals surface area (Å²) in [5.74, 6) is -0.252. The van der Waals surface area contributed by atoms with Gasteiger partial charge in [0.05, 0.1) is 12.6 Å². The number of aromatic nitrogens is 1. The van der Waals surface area contributed by atoms with Gasteiger partial charge in [-0.1, -0.05) is 30.3 Å². The smallest absolute Gasteiger partial charge is 0.260 e. The fourth-order valence-electron chi connectivity index (χ4n) is 2.73. The molecule has 0 radical (unpaired) electrons. The fraction of sp³-hybridized carbons (Fsp3) is 0.294. The van der Waals surface area contributed by atoms with Crippen molar-refractivity contribution in [3.63, 3.8) is 0 Å². The number of nitrogens with zero attached hydrogens (tertiary/aromatic N) is 1. The van der Waals surface area contributed by atoms with Crippen LogP contribution in [0.4, 0.5) is 0 Å². The number of rotatable bonds is 2. The lowest BCUT2D eigenvalue weighted by Gasteiger charge is -2.37. The Kier molecular flexibility index (Phi) is 4.06. The summed E-state index contributed by atoms with van der Waals surface area (Å²) in [6, 6.07) is 13.0. The highest BCUT2D eigenvalue weighted by molar-refractivity contribution is 5.93. The van der Waals surface area contributed by atoms with Crippen molar-refractivity contribution in [1.82, 2.24) is 9.88 Å². The molecule has 0 saturated carbocycles. The number of H-pyrrole nitrogens is 1. The first-order valence-corrected chi connectivity index (χ1v) is 7.32. The molecule has 22 heavy (non-hydrogen) atoms. The molecule has 1 N–H and O–H groups in total. The molecule has 0 bridgehead atoms. The van der Waals surface area contributed by atoms with E-state index in [2.05, 4.69) is 4.98 Å². The van der Waals surface area contributed by atoms with Crippen LogP contribution in [0.25, 0.3) is 0 Å². The third kappa shape index (κ3) is 2.94. The van der Waals surface area contributed by atoms with E-state index in [1.54, 1.807) is 17.0 Å². The number of pyridine rings is 1. The molecule has 1 fully saturated rings.